The molecule has 0 saturated heterocycles. The maximum Gasteiger partial charge on any atom is 0.434 e. The Bertz CT molecular complexity index is 754. The Hall–Kier alpha value is -2.06. The molecule has 0 bridgehead atoms. The second-order valence-corrected chi connectivity index (χ2v) is 5.04. The van der Waals surface area contributed by atoms with E-state index in [1.807, 2.05) is 0 Å². The minimum absolute atomic E-state index is 0.173. The molecule has 0 aliphatic heterocycles. The van der Waals surface area contributed by atoms with Gasteiger partial charge in [-0.15, -0.1) is 0 Å². The number of nitrogens with zero attached hydrogens (tertiary/aromatic N) is 2. The normalized spacial score (nSPS) is 11.2. The number of aromatic nitrogens is 2. The lowest BCUT2D eigenvalue weighted by molar-refractivity contribution is -0.141. The number of hydrogen-bond acceptors (Lipinski definition) is 5. The third-order valence-corrected chi connectivity index (χ3v) is 3.19. The van der Waals surface area contributed by atoms with E-state index in [2.05, 4.69) is 20.0 Å². The number of hydrogen-bond donors (Lipinski definition) is 1. The summed E-state index contributed by atoms with van der Waals surface area (Å²) in [6, 6.07) is 4.34. The summed E-state index contributed by atoms with van der Waals surface area (Å²) in [7, 11) is 0.960. The number of benzene rings is 1. The molecule has 1 N–H and O–H groups in total. The molecular weight excluding hydrogens is 358 g/mol. The van der Waals surface area contributed by atoms with Crippen LogP contribution in [-0.2, 0) is 10.9 Å². The summed E-state index contributed by atoms with van der Waals surface area (Å²) in [4.78, 5) is 18.4. The van der Waals surface area contributed by atoms with E-state index < -0.39 is 23.4 Å². The van der Waals surface area contributed by atoms with Crippen molar-refractivity contribution in [3.8, 4) is 0 Å². The highest BCUT2D eigenvalue weighted by atomic mass is 35.5. The molecule has 10 heteroatoms. The van der Waals surface area contributed by atoms with Crippen LogP contribution in [0.4, 0.5) is 24.8 Å². The number of alkyl halides is 3. The maximum absolute atomic E-state index is 13.0. The number of methoxy groups -OCH3 is 1. The summed E-state index contributed by atoms with van der Waals surface area (Å²) in [6.07, 6.45) is -4.12. The van der Waals surface area contributed by atoms with Crippen LogP contribution in [0.1, 0.15) is 16.1 Å². The largest absolute Gasteiger partial charge is 0.465 e. The fourth-order valence-corrected chi connectivity index (χ4v) is 2.08. The summed E-state index contributed by atoms with van der Waals surface area (Å²) in [5.74, 6) is -1.57. The number of esters is 1. The lowest BCUT2D eigenvalue weighted by Gasteiger charge is -2.12. The van der Waals surface area contributed by atoms with Gasteiger partial charge in [-0.05, 0) is 18.2 Å². The van der Waals surface area contributed by atoms with E-state index in [0.29, 0.717) is 5.02 Å². The van der Waals surface area contributed by atoms with E-state index in [4.69, 9.17) is 23.2 Å². The van der Waals surface area contributed by atoms with Gasteiger partial charge < -0.3 is 10.1 Å². The van der Waals surface area contributed by atoms with E-state index in [0.717, 1.165) is 13.3 Å². The molecule has 0 atom stereocenters. The van der Waals surface area contributed by atoms with Gasteiger partial charge in [0, 0.05) is 11.2 Å². The highest BCUT2D eigenvalue weighted by molar-refractivity contribution is 6.36. The van der Waals surface area contributed by atoms with E-state index in [1.165, 1.54) is 18.2 Å². The van der Waals surface area contributed by atoms with Crippen LogP contribution in [0, 0.1) is 0 Å². The maximum atomic E-state index is 13.0. The monoisotopic (exact) mass is 365 g/mol. The van der Waals surface area contributed by atoms with Crippen LogP contribution in [0.3, 0.4) is 0 Å². The topological polar surface area (TPSA) is 64.1 Å². The van der Waals surface area contributed by atoms with Crippen LogP contribution in [0.25, 0.3) is 0 Å². The van der Waals surface area contributed by atoms with Gasteiger partial charge >= 0.3 is 12.1 Å². The molecule has 5 nitrogen and oxygen atoms in total. The van der Waals surface area contributed by atoms with Crippen LogP contribution in [0.15, 0.2) is 24.4 Å². The SMILES string of the molecule is COC(=O)c1cnc(Nc2ccc(Cl)cc2Cl)nc1C(F)(F)F. The molecule has 0 aliphatic rings. The van der Waals surface area contributed by atoms with Crippen molar-refractivity contribution in [2.75, 3.05) is 12.4 Å². The quantitative estimate of drug-likeness (QED) is 0.820. The number of halogens is 5. The number of nitrogens with one attached hydrogen (secondary N) is 1. The van der Waals surface area contributed by atoms with Crippen LogP contribution >= 0.6 is 23.2 Å². The minimum atomic E-state index is -4.85. The molecule has 1 aromatic carbocycles. The first kappa shape index (κ1) is 17.3. The molecule has 1 heterocycles. The fraction of sp³-hybridized carbons (Fsp3) is 0.154. The number of carbonyl (C=O) groups is 1. The van der Waals surface area contributed by atoms with Gasteiger partial charge in [0.15, 0.2) is 5.69 Å². The molecule has 0 aliphatic carbocycles. The van der Waals surface area contributed by atoms with Crippen molar-refractivity contribution in [2.45, 2.75) is 6.18 Å². The van der Waals surface area contributed by atoms with Crippen LogP contribution in [0.5, 0.6) is 0 Å². The average molecular weight is 366 g/mol. The van der Waals surface area contributed by atoms with Crippen molar-refractivity contribution in [3.05, 3.63) is 45.7 Å². The average Bonchev–Trinajstić information content (AvgIpc) is 2.48. The second-order valence-electron chi connectivity index (χ2n) is 4.19. The molecule has 23 heavy (non-hydrogen) atoms. The standard InChI is InChI=1S/C13H8Cl2F3N3O2/c1-23-11(22)7-5-19-12(21-10(7)13(16,17)18)20-9-3-2-6(14)4-8(9)15/h2-5H,1H3,(H,19,20,21). The summed E-state index contributed by atoms with van der Waals surface area (Å²) in [5, 5.41) is 3.06. The Kier molecular flexibility index (Phi) is 4.96. The molecule has 0 radical (unpaired) electrons. The summed E-state index contributed by atoms with van der Waals surface area (Å²) >= 11 is 11.6. The van der Waals surface area contributed by atoms with Crippen LogP contribution in [0.2, 0.25) is 10.0 Å². The Morgan fingerprint density at radius 2 is 2.00 bits per heavy atom. The lowest BCUT2D eigenvalue weighted by atomic mass is 10.2. The molecule has 2 rings (SSSR count). The smallest absolute Gasteiger partial charge is 0.434 e. The molecule has 0 amide bonds. The Balaban J connectivity index is 2.43. The fourth-order valence-electron chi connectivity index (χ4n) is 1.63. The van der Waals surface area contributed by atoms with Crippen molar-refractivity contribution in [3.63, 3.8) is 0 Å². The van der Waals surface area contributed by atoms with Gasteiger partial charge in [0.25, 0.3) is 0 Å². The summed E-state index contributed by atoms with van der Waals surface area (Å²) < 4.78 is 43.4. The van der Waals surface area contributed by atoms with E-state index in [1.54, 1.807) is 0 Å². The van der Waals surface area contributed by atoms with Crippen molar-refractivity contribution < 1.29 is 22.7 Å². The zero-order valence-electron chi connectivity index (χ0n) is 11.4. The minimum Gasteiger partial charge on any atom is -0.465 e. The van der Waals surface area contributed by atoms with Gasteiger partial charge in [0.1, 0.15) is 5.56 Å². The van der Waals surface area contributed by atoms with Crippen LogP contribution < -0.4 is 5.32 Å². The van der Waals surface area contributed by atoms with Gasteiger partial charge in [0.05, 0.1) is 17.8 Å². The first-order chi connectivity index (χ1) is 10.7. The highest BCUT2D eigenvalue weighted by Crippen LogP contribution is 2.32. The molecule has 0 unspecified atom stereocenters. The number of anilines is 2. The van der Waals surface area contributed by atoms with Crippen molar-refractivity contribution in [1.29, 1.82) is 0 Å². The van der Waals surface area contributed by atoms with Crippen LogP contribution in [-0.4, -0.2) is 23.0 Å². The molecule has 122 valence electrons. The highest BCUT2D eigenvalue weighted by Gasteiger charge is 2.38. The summed E-state index contributed by atoms with van der Waals surface area (Å²) in [6.45, 7) is 0. The third-order valence-electron chi connectivity index (χ3n) is 2.64. The lowest BCUT2D eigenvalue weighted by Crippen LogP contribution is -2.18. The van der Waals surface area contributed by atoms with Gasteiger partial charge in [-0.2, -0.15) is 13.2 Å². The molecule has 0 fully saturated rings. The predicted octanol–water partition coefficient (Wildman–Crippen LogP) is 4.33. The van der Waals surface area contributed by atoms with E-state index >= 15 is 0 Å². The van der Waals surface area contributed by atoms with E-state index in [9.17, 15) is 18.0 Å². The predicted molar refractivity (Wildman–Crippen MR) is 78.1 cm³/mol. The number of rotatable bonds is 3. The Morgan fingerprint density at radius 1 is 1.30 bits per heavy atom. The van der Waals surface area contributed by atoms with Gasteiger partial charge in [0.2, 0.25) is 5.95 Å². The molecule has 0 saturated carbocycles. The summed E-state index contributed by atoms with van der Waals surface area (Å²) in [5.41, 5.74) is -1.94. The van der Waals surface area contributed by atoms with Crippen molar-refractivity contribution >= 4 is 40.8 Å². The molecule has 2 aromatic rings. The first-order valence-corrected chi connectivity index (χ1v) is 6.72. The number of ether oxygens (including phenoxy) is 1. The van der Waals surface area contributed by atoms with Gasteiger partial charge in [-0.25, -0.2) is 14.8 Å². The third kappa shape index (κ3) is 4.02. The number of carbonyl (C=O) groups excluding carboxylic acids is 1. The molecule has 1 aromatic heterocycles. The zero-order chi connectivity index (χ0) is 17.2. The van der Waals surface area contributed by atoms with Gasteiger partial charge in [-0.3, -0.25) is 0 Å². The Morgan fingerprint density at radius 3 is 2.57 bits per heavy atom. The van der Waals surface area contributed by atoms with E-state index in [-0.39, 0.29) is 16.7 Å². The van der Waals surface area contributed by atoms with Crippen molar-refractivity contribution in [2.24, 2.45) is 0 Å². The molecular formula is C13H8Cl2F3N3O2. The molecule has 0 spiro atoms. The second kappa shape index (κ2) is 6.59. The first-order valence-electron chi connectivity index (χ1n) is 5.97. The van der Waals surface area contributed by atoms with Crippen molar-refractivity contribution in [1.82, 2.24) is 9.97 Å². The van der Waals surface area contributed by atoms with Gasteiger partial charge in [-0.1, -0.05) is 23.2 Å². The zero-order valence-corrected chi connectivity index (χ0v) is 12.9. The Labute approximate surface area is 138 Å².